The van der Waals surface area contributed by atoms with E-state index in [2.05, 4.69) is 0 Å². The highest BCUT2D eigenvalue weighted by atomic mass is 32.3. The van der Waals surface area contributed by atoms with Gasteiger partial charge in [-0.25, -0.2) is 8.42 Å². The van der Waals surface area contributed by atoms with E-state index >= 15 is 0 Å². The second-order valence-corrected chi connectivity index (χ2v) is 10.1. The Kier molecular flexibility index (Phi) is 6.77. The zero-order chi connectivity index (χ0) is 18.7. The third-order valence-electron chi connectivity index (χ3n) is 4.98. The Labute approximate surface area is 146 Å². The number of alkyl halides is 3. The highest BCUT2D eigenvalue weighted by molar-refractivity contribution is 8.03. The summed E-state index contributed by atoms with van der Waals surface area (Å²) in [4.78, 5) is 0. The standard InChI is InChI=1S/C14H24F3NO5S2/c15-14(16,17)24(19,20)18-25(21,22)23-13(11-7-3-1-4-8-11)12-9-5-2-6-10-12/h11-13,18H,1-10H2. The molecule has 25 heavy (non-hydrogen) atoms. The zero-order valence-electron chi connectivity index (χ0n) is 13.8. The molecule has 148 valence electrons. The maximum Gasteiger partial charge on any atom is 0.512 e. The normalized spacial score (nSPS) is 22.4. The highest BCUT2D eigenvalue weighted by Crippen LogP contribution is 2.38. The van der Waals surface area contributed by atoms with Gasteiger partial charge in [0.25, 0.3) is 0 Å². The molecule has 0 bridgehead atoms. The van der Waals surface area contributed by atoms with Gasteiger partial charge in [0.1, 0.15) is 0 Å². The first-order chi connectivity index (χ1) is 11.5. The number of sulfonamides is 1. The summed E-state index contributed by atoms with van der Waals surface area (Å²) in [6.45, 7) is 0. The molecule has 2 fully saturated rings. The lowest BCUT2D eigenvalue weighted by Gasteiger charge is -2.36. The van der Waals surface area contributed by atoms with Crippen molar-refractivity contribution in [2.24, 2.45) is 11.8 Å². The predicted octanol–water partition coefficient (Wildman–Crippen LogP) is 3.22. The summed E-state index contributed by atoms with van der Waals surface area (Å²) in [6.07, 6.45) is 7.87. The quantitative estimate of drug-likeness (QED) is 0.730. The fourth-order valence-corrected chi connectivity index (χ4v) is 6.03. The van der Waals surface area contributed by atoms with Gasteiger partial charge in [0.15, 0.2) is 0 Å². The first kappa shape index (κ1) is 20.9. The Morgan fingerprint density at radius 3 is 1.56 bits per heavy atom. The monoisotopic (exact) mass is 407 g/mol. The molecule has 0 saturated heterocycles. The molecule has 1 N–H and O–H groups in total. The fourth-order valence-electron chi connectivity index (χ4n) is 3.81. The molecule has 0 aromatic heterocycles. The van der Waals surface area contributed by atoms with Crippen molar-refractivity contribution < 1.29 is 34.2 Å². The maximum atomic E-state index is 12.4. The van der Waals surface area contributed by atoms with Crippen LogP contribution < -0.4 is 4.13 Å². The second-order valence-electron chi connectivity index (χ2n) is 6.84. The van der Waals surface area contributed by atoms with E-state index in [0.717, 1.165) is 64.2 Å². The summed E-state index contributed by atoms with van der Waals surface area (Å²) in [7, 11) is -11.1. The van der Waals surface area contributed by atoms with E-state index in [1.807, 2.05) is 0 Å². The van der Waals surface area contributed by atoms with Gasteiger partial charge in [-0.2, -0.15) is 21.6 Å². The van der Waals surface area contributed by atoms with Crippen molar-refractivity contribution in [3.05, 3.63) is 0 Å². The summed E-state index contributed by atoms with van der Waals surface area (Å²) in [5.74, 6) is -0.163. The molecule has 6 nitrogen and oxygen atoms in total. The van der Waals surface area contributed by atoms with Crippen molar-refractivity contribution in [2.45, 2.75) is 75.8 Å². The number of rotatable bonds is 6. The minimum absolute atomic E-state index is 0.0815. The maximum absolute atomic E-state index is 12.4. The van der Waals surface area contributed by atoms with Gasteiger partial charge in [0.05, 0.1) is 6.10 Å². The lowest BCUT2D eigenvalue weighted by Crippen LogP contribution is -2.45. The Bertz CT molecular complexity index is 618. The zero-order valence-corrected chi connectivity index (χ0v) is 15.4. The van der Waals surface area contributed by atoms with Crippen molar-refractivity contribution in [3.63, 3.8) is 0 Å². The van der Waals surface area contributed by atoms with E-state index in [0.29, 0.717) is 4.13 Å². The molecule has 0 aliphatic heterocycles. The van der Waals surface area contributed by atoms with Crippen molar-refractivity contribution in [1.82, 2.24) is 4.13 Å². The van der Waals surface area contributed by atoms with Crippen LogP contribution >= 0.6 is 0 Å². The number of nitrogens with one attached hydrogen (secondary N) is 1. The summed E-state index contributed by atoms with van der Waals surface area (Å²) in [6, 6.07) is 0. The lowest BCUT2D eigenvalue weighted by atomic mass is 9.75. The average Bonchev–Trinajstić information content (AvgIpc) is 2.52. The third kappa shape index (κ3) is 5.80. The SMILES string of the molecule is O=S(=O)(NS(=O)(=O)C(F)(F)F)OC(C1CCCCC1)C1CCCCC1. The highest BCUT2D eigenvalue weighted by Gasteiger charge is 2.49. The van der Waals surface area contributed by atoms with Crippen LogP contribution in [0.15, 0.2) is 0 Å². The fraction of sp³-hybridized carbons (Fsp3) is 1.00. The van der Waals surface area contributed by atoms with Crippen molar-refractivity contribution in [3.8, 4) is 0 Å². The van der Waals surface area contributed by atoms with Crippen molar-refractivity contribution >= 4 is 20.3 Å². The van der Waals surface area contributed by atoms with Crippen LogP contribution in [0.3, 0.4) is 0 Å². The van der Waals surface area contributed by atoms with Crippen LogP contribution in [0.4, 0.5) is 13.2 Å². The molecular formula is C14H24F3NO5S2. The van der Waals surface area contributed by atoms with E-state index < -0.39 is 31.9 Å². The molecule has 0 unspecified atom stereocenters. The number of hydrogen-bond acceptors (Lipinski definition) is 5. The van der Waals surface area contributed by atoms with E-state index in [9.17, 15) is 30.0 Å². The Balaban J connectivity index is 2.16. The number of halogens is 3. The summed E-state index contributed by atoms with van der Waals surface area (Å²) in [5.41, 5.74) is -5.71. The molecule has 0 amide bonds. The Hall–Kier alpha value is -0.390. The summed E-state index contributed by atoms with van der Waals surface area (Å²) in [5, 5.41) is 0. The van der Waals surface area contributed by atoms with Crippen molar-refractivity contribution in [2.75, 3.05) is 0 Å². The van der Waals surface area contributed by atoms with E-state index in [1.165, 1.54) is 0 Å². The minimum atomic E-state index is -6.03. The number of hydrogen-bond donors (Lipinski definition) is 1. The van der Waals surface area contributed by atoms with Crippen LogP contribution in [-0.4, -0.2) is 28.4 Å². The van der Waals surface area contributed by atoms with Gasteiger partial charge >= 0.3 is 25.8 Å². The van der Waals surface area contributed by atoms with Crippen LogP contribution in [0.5, 0.6) is 0 Å². The van der Waals surface area contributed by atoms with Gasteiger partial charge in [0.2, 0.25) is 0 Å². The predicted molar refractivity (Wildman–Crippen MR) is 85.1 cm³/mol. The Morgan fingerprint density at radius 1 is 0.800 bits per heavy atom. The first-order valence-corrected chi connectivity index (χ1v) is 11.4. The molecule has 0 aromatic rings. The topological polar surface area (TPSA) is 89.5 Å². The molecule has 0 aromatic carbocycles. The van der Waals surface area contributed by atoms with Gasteiger partial charge in [-0.05, 0) is 37.5 Å². The van der Waals surface area contributed by atoms with Crippen LogP contribution in [-0.2, 0) is 24.5 Å². The lowest BCUT2D eigenvalue weighted by molar-refractivity contribution is -0.0443. The van der Waals surface area contributed by atoms with Crippen molar-refractivity contribution in [1.29, 1.82) is 0 Å². The third-order valence-corrected chi connectivity index (χ3v) is 7.76. The Morgan fingerprint density at radius 2 is 1.20 bits per heavy atom. The molecule has 2 aliphatic rings. The molecule has 0 spiro atoms. The van der Waals surface area contributed by atoms with Gasteiger partial charge in [-0.3, -0.25) is 4.18 Å². The summed E-state index contributed by atoms with van der Waals surface area (Å²) >= 11 is 0. The van der Waals surface area contributed by atoms with E-state index in [-0.39, 0.29) is 11.8 Å². The summed E-state index contributed by atoms with van der Waals surface area (Å²) < 4.78 is 89.2. The molecule has 2 rings (SSSR count). The van der Waals surface area contributed by atoms with Gasteiger partial charge < -0.3 is 0 Å². The second kappa shape index (κ2) is 8.10. The molecular weight excluding hydrogens is 383 g/mol. The smallest absolute Gasteiger partial charge is 0.253 e. The van der Waals surface area contributed by atoms with Gasteiger partial charge in [-0.15, -0.1) is 0 Å². The molecule has 0 atom stereocenters. The molecule has 11 heteroatoms. The largest absolute Gasteiger partial charge is 0.512 e. The molecule has 0 heterocycles. The van der Waals surface area contributed by atoms with E-state index in [1.54, 1.807) is 0 Å². The minimum Gasteiger partial charge on any atom is -0.253 e. The molecule has 2 saturated carbocycles. The molecule has 0 radical (unpaired) electrons. The van der Waals surface area contributed by atoms with Crippen LogP contribution in [0.25, 0.3) is 0 Å². The molecule has 2 aliphatic carbocycles. The first-order valence-electron chi connectivity index (χ1n) is 8.55. The van der Waals surface area contributed by atoms with Gasteiger partial charge in [0, 0.05) is 0 Å². The van der Waals surface area contributed by atoms with Gasteiger partial charge in [-0.1, -0.05) is 42.7 Å². The van der Waals surface area contributed by atoms with Crippen LogP contribution in [0.2, 0.25) is 0 Å². The van der Waals surface area contributed by atoms with Crippen LogP contribution in [0.1, 0.15) is 64.2 Å². The average molecular weight is 407 g/mol. The van der Waals surface area contributed by atoms with Crippen LogP contribution in [0, 0.1) is 11.8 Å². The van der Waals surface area contributed by atoms with E-state index in [4.69, 9.17) is 4.18 Å².